The van der Waals surface area contributed by atoms with E-state index in [2.05, 4.69) is 5.32 Å². The number of amides is 1. The zero-order valence-corrected chi connectivity index (χ0v) is 23.9. The van der Waals surface area contributed by atoms with E-state index >= 15 is 0 Å². The lowest BCUT2D eigenvalue weighted by molar-refractivity contribution is -0.116. The molecule has 1 N–H and O–H groups in total. The van der Waals surface area contributed by atoms with Crippen molar-refractivity contribution in [2.45, 2.75) is 40.0 Å². The number of amidine groups is 1. The number of nitrogens with one attached hydrogen (secondary N) is 1. The molecule has 0 fully saturated rings. The summed E-state index contributed by atoms with van der Waals surface area (Å²) in [6.07, 6.45) is -0.208. The maximum absolute atomic E-state index is 13.0. The van der Waals surface area contributed by atoms with Crippen molar-refractivity contribution in [3.8, 4) is 5.75 Å². The van der Waals surface area contributed by atoms with Crippen LogP contribution in [0.3, 0.4) is 0 Å². The summed E-state index contributed by atoms with van der Waals surface area (Å²) in [7, 11) is 0. The van der Waals surface area contributed by atoms with Crippen LogP contribution in [0.25, 0.3) is 0 Å². The number of Topliss-reactive ketones (excluding diaryl/α,β-unsaturated/α-hetero) is 1. The molecule has 8 heteroatoms. The predicted molar refractivity (Wildman–Crippen MR) is 165 cm³/mol. The molecule has 0 saturated heterocycles. The van der Waals surface area contributed by atoms with E-state index in [0.717, 1.165) is 28.1 Å². The molecule has 0 aromatic heterocycles. The number of halogens is 1. The van der Waals surface area contributed by atoms with Gasteiger partial charge in [-0.25, -0.2) is 5.01 Å². The Kier molecular flexibility index (Phi) is 8.36. The fourth-order valence-corrected chi connectivity index (χ4v) is 4.82. The van der Waals surface area contributed by atoms with Gasteiger partial charge in [0.2, 0.25) is 5.91 Å². The van der Waals surface area contributed by atoms with Gasteiger partial charge in [-0.2, -0.15) is 0 Å². The average molecular weight is 567 g/mol. The van der Waals surface area contributed by atoms with Crippen LogP contribution in [0.2, 0.25) is 5.02 Å². The van der Waals surface area contributed by atoms with E-state index in [1.807, 2.05) is 108 Å². The van der Waals surface area contributed by atoms with E-state index in [0.29, 0.717) is 29.5 Å². The van der Waals surface area contributed by atoms with Crippen molar-refractivity contribution < 1.29 is 14.3 Å². The number of carbonyl (C=O) groups is 2. The van der Waals surface area contributed by atoms with Crippen LogP contribution in [-0.4, -0.2) is 17.5 Å². The second-order valence-corrected chi connectivity index (χ2v) is 10.2. The van der Waals surface area contributed by atoms with Gasteiger partial charge in [-0.1, -0.05) is 66.6 Å². The maximum Gasteiger partial charge on any atom is 0.224 e. The van der Waals surface area contributed by atoms with Crippen LogP contribution in [-0.2, 0) is 16.2 Å². The van der Waals surface area contributed by atoms with Crippen LogP contribution in [0.4, 0.5) is 17.1 Å². The lowest BCUT2D eigenvalue weighted by Gasteiger charge is -2.33. The van der Waals surface area contributed by atoms with Crippen molar-refractivity contribution in [1.82, 2.24) is 0 Å². The molecule has 0 bridgehead atoms. The highest BCUT2D eigenvalue weighted by Gasteiger charge is 2.40. The Balaban J connectivity index is 1.62. The van der Waals surface area contributed by atoms with Crippen LogP contribution in [0.15, 0.2) is 102 Å². The third-order valence-corrected chi connectivity index (χ3v) is 6.99. The fourth-order valence-electron chi connectivity index (χ4n) is 4.64. The molecule has 0 aliphatic carbocycles. The zero-order valence-electron chi connectivity index (χ0n) is 23.2. The minimum Gasteiger partial charge on any atom is -0.488 e. The number of benzene rings is 4. The molecule has 5 rings (SSSR count). The molecule has 0 saturated carbocycles. The molecule has 4 aromatic carbocycles. The molecule has 1 atom stereocenters. The van der Waals surface area contributed by atoms with E-state index in [-0.39, 0.29) is 17.5 Å². The molecule has 41 heavy (non-hydrogen) atoms. The Morgan fingerprint density at radius 2 is 1.61 bits per heavy atom. The molecule has 7 nitrogen and oxygen atoms in total. The SMILES string of the molecule is CCC(=O)Nc1ccc(N2C(C(C)=O)=NN(c3ccc(C)cc3)[C@H]2c2cc(Cl)ccc2OCc2ccccc2)cc1. The summed E-state index contributed by atoms with van der Waals surface area (Å²) in [6.45, 7) is 5.69. The summed E-state index contributed by atoms with van der Waals surface area (Å²) >= 11 is 6.57. The summed E-state index contributed by atoms with van der Waals surface area (Å²) in [5.74, 6) is 0.626. The molecular formula is C33H31ClN4O3. The van der Waals surface area contributed by atoms with Gasteiger partial charge >= 0.3 is 0 Å². The van der Waals surface area contributed by atoms with E-state index in [1.165, 1.54) is 6.92 Å². The molecule has 4 aromatic rings. The summed E-state index contributed by atoms with van der Waals surface area (Å²) in [5, 5.41) is 10.1. The first-order valence-electron chi connectivity index (χ1n) is 13.4. The molecule has 1 amide bonds. The van der Waals surface area contributed by atoms with Gasteiger partial charge < -0.3 is 10.1 Å². The third kappa shape index (κ3) is 6.26. The zero-order chi connectivity index (χ0) is 28.9. The van der Waals surface area contributed by atoms with Crippen LogP contribution in [0.1, 0.15) is 43.1 Å². The minimum atomic E-state index is -0.586. The average Bonchev–Trinajstić information content (AvgIpc) is 3.38. The van der Waals surface area contributed by atoms with Gasteiger partial charge in [-0.3, -0.25) is 14.5 Å². The summed E-state index contributed by atoms with van der Waals surface area (Å²) < 4.78 is 6.35. The van der Waals surface area contributed by atoms with Crippen LogP contribution in [0, 0.1) is 6.92 Å². The Morgan fingerprint density at radius 1 is 0.927 bits per heavy atom. The van der Waals surface area contributed by atoms with Gasteiger partial charge in [0.15, 0.2) is 17.8 Å². The number of rotatable bonds is 9. The highest BCUT2D eigenvalue weighted by atomic mass is 35.5. The summed E-state index contributed by atoms with van der Waals surface area (Å²) in [6, 6.07) is 30.7. The number of hydrazone groups is 1. The van der Waals surface area contributed by atoms with Gasteiger partial charge in [-0.05, 0) is 67.1 Å². The number of ether oxygens (including phenoxy) is 1. The lowest BCUT2D eigenvalue weighted by Crippen LogP contribution is -2.38. The van der Waals surface area contributed by atoms with Gasteiger partial charge in [-0.15, -0.1) is 5.10 Å². The van der Waals surface area contributed by atoms with Gasteiger partial charge in [0, 0.05) is 35.3 Å². The van der Waals surface area contributed by atoms with Crippen molar-refractivity contribution in [1.29, 1.82) is 0 Å². The summed E-state index contributed by atoms with van der Waals surface area (Å²) in [5.41, 5.74) is 5.08. The highest BCUT2D eigenvalue weighted by Crippen LogP contribution is 2.43. The first kappa shape index (κ1) is 27.9. The minimum absolute atomic E-state index is 0.0764. The maximum atomic E-state index is 13.0. The largest absolute Gasteiger partial charge is 0.488 e. The van der Waals surface area contributed by atoms with Gasteiger partial charge in [0.25, 0.3) is 0 Å². The predicted octanol–water partition coefficient (Wildman–Crippen LogP) is 7.50. The second kappa shape index (κ2) is 12.3. The van der Waals surface area contributed by atoms with Crippen LogP contribution < -0.4 is 20.0 Å². The summed E-state index contributed by atoms with van der Waals surface area (Å²) in [4.78, 5) is 26.9. The Bertz CT molecular complexity index is 1570. The van der Waals surface area contributed by atoms with Crippen molar-refractivity contribution in [3.05, 3.63) is 119 Å². The Labute approximate surface area is 245 Å². The van der Waals surface area contributed by atoms with E-state index in [1.54, 1.807) is 13.0 Å². The van der Waals surface area contributed by atoms with E-state index in [9.17, 15) is 9.59 Å². The Hall–Kier alpha value is -4.62. The monoisotopic (exact) mass is 566 g/mol. The van der Waals surface area contributed by atoms with Gasteiger partial charge in [0.1, 0.15) is 12.4 Å². The highest BCUT2D eigenvalue weighted by molar-refractivity contribution is 6.44. The van der Waals surface area contributed by atoms with Crippen LogP contribution >= 0.6 is 11.6 Å². The molecular weight excluding hydrogens is 536 g/mol. The third-order valence-electron chi connectivity index (χ3n) is 6.76. The smallest absolute Gasteiger partial charge is 0.224 e. The fraction of sp³-hybridized carbons (Fsp3) is 0.182. The molecule has 1 heterocycles. The number of aryl methyl sites for hydroxylation is 1. The number of hydrogen-bond acceptors (Lipinski definition) is 6. The van der Waals surface area contributed by atoms with Crippen molar-refractivity contribution in [3.63, 3.8) is 0 Å². The first-order chi connectivity index (χ1) is 19.8. The van der Waals surface area contributed by atoms with Crippen LogP contribution in [0.5, 0.6) is 5.75 Å². The van der Waals surface area contributed by atoms with E-state index in [4.69, 9.17) is 21.4 Å². The Morgan fingerprint density at radius 3 is 2.27 bits per heavy atom. The molecule has 1 aliphatic rings. The number of carbonyl (C=O) groups excluding carboxylic acids is 2. The topological polar surface area (TPSA) is 74.2 Å². The van der Waals surface area contributed by atoms with Crippen molar-refractivity contribution in [2.75, 3.05) is 15.2 Å². The second-order valence-electron chi connectivity index (χ2n) is 9.81. The molecule has 0 spiro atoms. The number of anilines is 3. The lowest BCUT2D eigenvalue weighted by atomic mass is 10.1. The quantitative estimate of drug-likeness (QED) is 0.227. The number of nitrogens with zero attached hydrogens (tertiary/aromatic N) is 3. The first-order valence-corrected chi connectivity index (χ1v) is 13.8. The standard InChI is InChI=1S/C33H31ClN4O3/c1-4-31(40)35-26-13-17-27(18-14-26)37-32(23(3)39)36-38(28-15-10-22(2)11-16-28)33(37)29-20-25(34)12-19-30(29)41-21-24-8-6-5-7-9-24/h5-20,33H,4,21H2,1-3H3,(H,35,40)/t33-/m0/s1. The van der Waals surface area contributed by atoms with Crippen molar-refractivity contribution >= 4 is 46.2 Å². The van der Waals surface area contributed by atoms with Crippen molar-refractivity contribution in [2.24, 2.45) is 5.10 Å². The molecule has 0 unspecified atom stereocenters. The molecule has 208 valence electrons. The normalized spacial score (nSPS) is 14.5. The van der Waals surface area contributed by atoms with E-state index < -0.39 is 6.17 Å². The number of ketones is 1. The van der Waals surface area contributed by atoms with Gasteiger partial charge in [0.05, 0.1) is 5.69 Å². The number of hydrogen-bond donors (Lipinski definition) is 1. The molecule has 1 aliphatic heterocycles. The molecule has 0 radical (unpaired) electrons.